The maximum atomic E-state index is 12.0. The van der Waals surface area contributed by atoms with Crippen LogP contribution in [-0.4, -0.2) is 186 Å². The molecule has 0 bridgehead atoms. The average molecular weight is 1190 g/mol. The van der Waals surface area contributed by atoms with Crippen molar-refractivity contribution in [3.8, 4) is 0 Å². The predicted molar refractivity (Wildman–Crippen MR) is 294 cm³/mol. The Morgan fingerprint density at radius 3 is 1.05 bits per heavy atom. The van der Waals surface area contributed by atoms with Gasteiger partial charge in [0.05, 0.1) is 52.7 Å². The largest absolute Gasteiger partial charge is 0.463 e. The summed E-state index contributed by atoms with van der Waals surface area (Å²) in [5.41, 5.74) is 0. The molecule has 6 aliphatic carbocycles. The van der Waals surface area contributed by atoms with Gasteiger partial charge in [-0.25, -0.2) is 14.4 Å². The highest BCUT2D eigenvalue weighted by molar-refractivity contribution is 5.82. The lowest BCUT2D eigenvalue weighted by Gasteiger charge is -2.26. The monoisotopic (exact) mass is 1190 g/mol. The van der Waals surface area contributed by atoms with Crippen LogP contribution in [-0.2, 0) is 104 Å². The van der Waals surface area contributed by atoms with Crippen LogP contribution in [0.2, 0.25) is 0 Å². The fraction of sp³-hybridized carbons (Fsp3) is 0.839. The SMILES string of the molecule is C=CC(=O)OCCC(=O)OCC1OC2(CCCC2)OC1C1COC2(CCCC2)O1.C=CC(=O)OCCCOCC1OC2(CCCC2)OC1C1COC2(CCCC2)O1.C=CC(=O)OCCOCC1OC2(CCCC2)OC1C1COC2(CCCC2)O1. The maximum absolute atomic E-state index is 12.0. The van der Waals surface area contributed by atoms with Gasteiger partial charge in [0, 0.05) is 108 Å². The minimum absolute atomic E-state index is 0.0187. The van der Waals surface area contributed by atoms with Crippen LogP contribution in [0.3, 0.4) is 0 Å². The van der Waals surface area contributed by atoms with Crippen molar-refractivity contribution in [1.82, 2.24) is 0 Å². The van der Waals surface area contributed by atoms with Gasteiger partial charge in [0.15, 0.2) is 34.7 Å². The van der Waals surface area contributed by atoms with Crippen molar-refractivity contribution in [2.75, 3.05) is 72.7 Å². The van der Waals surface area contributed by atoms with E-state index in [1.54, 1.807) is 0 Å². The Hall–Kier alpha value is -3.46. The van der Waals surface area contributed by atoms with Crippen molar-refractivity contribution >= 4 is 23.9 Å². The molecule has 6 aliphatic heterocycles. The molecule has 0 N–H and O–H groups in total. The number of esters is 4. The third-order valence-electron chi connectivity index (χ3n) is 18.3. The molecule has 9 atom stereocenters. The minimum atomic E-state index is -0.601. The zero-order valence-corrected chi connectivity index (χ0v) is 49.2. The first kappa shape index (κ1) is 63.6. The highest BCUT2D eigenvalue weighted by Gasteiger charge is 2.59. The van der Waals surface area contributed by atoms with E-state index in [0.29, 0.717) is 59.3 Å². The summed E-state index contributed by atoms with van der Waals surface area (Å²) in [6.07, 6.45) is 26.5. The second-order valence-electron chi connectivity index (χ2n) is 24.4. The van der Waals surface area contributed by atoms with E-state index in [4.69, 9.17) is 85.3 Å². The van der Waals surface area contributed by atoms with Gasteiger partial charge in [-0.15, -0.1) is 0 Å². The molecule has 6 heterocycles. The maximum Gasteiger partial charge on any atom is 0.330 e. The first-order chi connectivity index (χ1) is 40.8. The molecule has 84 heavy (non-hydrogen) atoms. The lowest BCUT2D eigenvalue weighted by atomic mass is 10.1. The number of ether oxygens (including phenoxy) is 18. The third-order valence-corrected chi connectivity index (χ3v) is 18.3. The van der Waals surface area contributed by atoms with E-state index < -0.39 is 64.7 Å². The van der Waals surface area contributed by atoms with Crippen molar-refractivity contribution in [3.63, 3.8) is 0 Å². The van der Waals surface area contributed by atoms with E-state index in [2.05, 4.69) is 19.7 Å². The second-order valence-corrected chi connectivity index (χ2v) is 24.4. The van der Waals surface area contributed by atoms with Gasteiger partial charge in [0.25, 0.3) is 0 Å². The summed E-state index contributed by atoms with van der Waals surface area (Å²) in [6.45, 7) is 13.8. The number of hydrogen-bond donors (Lipinski definition) is 0. The molecule has 12 aliphatic rings. The van der Waals surface area contributed by atoms with Crippen molar-refractivity contribution in [3.05, 3.63) is 38.0 Å². The lowest BCUT2D eigenvalue weighted by Crippen LogP contribution is -2.41. The Morgan fingerprint density at radius 1 is 0.357 bits per heavy atom. The highest BCUT2D eigenvalue weighted by atomic mass is 16.8. The van der Waals surface area contributed by atoms with Gasteiger partial charge >= 0.3 is 23.9 Å². The Labute approximate surface area is 494 Å². The smallest absolute Gasteiger partial charge is 0.330 e. The van der Waals surface area contributed by atoms with E-state index >= 15 is 0 Å². The molecular formula is C62H92O22. The topological polar surface area (TPSA) is 234 Å². The van der Waals surface area contributed by atoms with Crippen molar-refractivity contribution in [1.29, 1.82) is 0 Å². The number of hydrogen-bond acceptors (Lipinski definition) is 22. The number of rotatable bonds is 22. The van der Waals surface area contributed by atoms with Gasteiger partial charge in [-0.2, -0.15) is 0 Å². The number of carbonyl (C=O) groups excluding carboxylic acids is 4. The molecule has 12 rings (SSSR count). The third kappa shape index (κ3) is 16.0. The molecule has 0 aromatic heterocycles. The lowest BCUT2D eigenvalue weighted by molar-refractivity contribution is -0.195. The van der Waals surface area contributed by atoms with Gasteiger partial charge < -0.3 is 85.3 Å². The standard InChI is InChI=1S/C21H30O8.C21H32O7.C20H30O7/c1-2-17(22)24-12-7-18(23)25-13-15-19(29-21(28-15)10-5-6-11-21)16-14-26-20(27-16)8-3-4-9-20;1-2-18(22)24-13-7-12-23-14-16-19(28-21(27-16)10-5-6-11-21)17-15-25-20(26-17)8-3-4-9-20;1-2-17(21)23-12-11-22-13-15-18(27-20(26-15)9-5-6-10-20)16-14-24-19(25-16)7-3-4-8-19/h2,15-16,19H,1,3-14H2;2,16-17,19H,1,3-15H2;2,15-16,18H,1,3-14H2. The molecule has 6 saturated carbocycles. The quantitative estimate of drug-likeness (QED) is 0.0436. The summed E-state index contributed by atoms with van der Waals surface area (Å²) < 4.78 is 107. The molecule has 22 nitrogen and oxygen atoms in total. The normalized spacial score (nSPS) is 33.0. The fourth-order valence-electron chi connectivity index (χ4n) is 14.2. The predicted octanol–water partition coefficient (Wildman–Crippen LogP) is 7.72. The zero-order chi connectivity index (χ0) is 58.5. The molecular weight excluding hydrogens is 1100 g/mol. The summed E-state index contributed by atoms with van der Waals surface area (Å²) in [5, 5.41) is 0. The molecule has 6 spiro atoms. The Bertz CT molecular complexity index is 2190. The molecule has 9 unspecified atom stereocenters. The molecule has 6 saturated heterocycles. The summed E-state index contributed by atoms with van der Waals surface area (Å²) in [4.78, 5) is 45.2. The molecule has 0 aromatic rings. The Morgan fingerprint density at radius 2 is 0.679 bits per heavy atom. The van der Waals surface area contributed by atoms with E-state index in [0.717, 1.165) is 172 Å². The summed E-state index contributed by atoms with van der Waals surface area (Å²) in [6, 6.07) is 0. The number of carbonyl (C=O) groups is 4. The van der Waals surface area contributed by atoms with Crippen molar-refractivity contribution in [2.45, 2.75) is 257 Å². The van der Waals surface area contributed by atoms with Crippen molar-refractivity contribution < 1.29 is 104 Å². The zero-order valence-electron chi connectivity index (χ0n) is 49.2. The molecule has 22 heteroatoms. The minimum Gasteiger partial charge on any atom is -0.463 e. The van der Waals surface area contributed by atoms with Crippen LogP contribution >= 0.6 is 0 Å². The second kappa shape index (κ2) is 29.2. The Balaban J connectivity index is 0.000000140. The van der Waals surface area contributed by atoms with Crippen LogP contribution in [0.1, 0.15) is 167 Å². The fourth-order valence-corrected chi connectivity index (χ4v) is 14.2. The van der Waals surface area contributed by atoms with Crippen LogP contribution in [0.15, 0.2) is 38.0 Å². The van der Waals surface area contributed by atoms with Gasteiger partial charge in [0.2, 0.25) is 0 Å². The summed E-state index contributed by atoms with van der Waals surface area (Å²) >= 11 is 0. The van der Waals surface area contributed by atoms with E-state index in [9.17, 15) is 19.2 Å². The molecule has 472 valence electrons. The average Bonchev–Trinajstić information content (AvgIpc) is 3.31. The van der Waals surface area contributed by atoms with E-state index in [1.165, 1.54) is 0 Å². The van der Waals surface area contributed by atoms with Gasteiger partial charge in [-0.1, -0.05) is 19.7 Å². The first-order valence-corrected chi connectivity index (χ1v) is 31.5. The van der Waals surface area contributed by atoms with Gasteiger partial charge in [0.1, 0.15) is 74.8 Å². The summed E-state index contributed by atoms with van der Waals surface area (Å²) in [7, 11) is 0. The van der Waals surface area contributed by atoms with Crippen molar-refractivity contribution in [2.24, 2.45) is 0 Å². The highest BCUT2D eigenvalue weighted by Crippen LogP contribution is 2.50. The summed E-state index contributed by atoms with van der Waals surface area (Å²) in [5.74, 6) is -4.74. The van der Waals surface area contributed by atoms with Crippen LogP contribution < -0.4 is 0 Å². The Kier molecular flexibility index (Phi) is 22.1. The first-order valence-electron chi connectivity index (χ1n) is 31.5. The molecule has 0 radical (unpaired) electrons. The van der Waals surface area contributed by atoms with Gasteiger partial charge in [-0.05, 0) is 77.0 Å². The van der Waals surface area contributed by atoms with E-state index in [-0.39, 0.29) is 75.1 Å². The molecule has 0 amide bonds. The van der Waals surface area contributed by atoms with Gasteiger partial charge in [-0.3, -0.25) is 4.79 Å². The van der Waals surface area contributed by atoms with Crippen LogP contribution in [0.5, 0.6) is 0 Å². The van der Waals surface area contributed by atoms with E-state index in [1.807, 2.05) is 0 Å². The van der Waals surface area contributed by atoms with Crippen LogP contribution in [0.4, 0.5) is 0 Å². The van der Waals surface area contributed by atoms with Crippen LogP contribution in [0.25, 0.3) is 0 Å². The van der Waals surface area contributed by atoms with Crippen LogP contribution in [0, 0.1) is 0 Å². The molecule has 0 aromatic carbocycles. The molecule has 12 fully saturated rings.